The number of carbonyl (C=O) groups excluding carboxylic acids is 3. The summed E-state index contributed by atoms with van der Waals surface area (Å²) < 4.78 is 0.993. The molecule has 3 aliphatic rings. The molecule has 2 aromatic carbocycles. The van der Waals surface area contributed by atoms with E-state index in [4.69, 9.17) is 0 Å². The van der Waals surface area contributed by atoms with Gasteiger partial charge in [0.25, 0.3) is 5.91 Å². The molecule has 0 bridgehead atoms. The lowest BCUT2D eigenvalue weighted by Gasteiger charge is -2.38. The minimum Gasteiger partial charge on any atom is -0.308 e. The minimum absolute atomic E-state index is 0.118. The summed E-state index contributed by atoms with van der Waals surface area (Å²) in [6.07, 6.45) is 5.86. The van der Waals surface area contributed by atoms with Crippen LogP contribution >= 0.6 is 15.9 Å². The van der Waals surface area contributed by atoms with E-state index in [1.807, 2.05) is 30.4 Å². The zero-order valence-corrected chi connectivity index (χ0v) is 17.8. The summed E-state index contributed by atoms with van der Waals surface area (Å²) in [6.45, 7) is 0.615. The van der Waals surface area contributed by atoms with Gasteiger partial charge in [0.2, 0.25) is 11.8 Å². The van der Waals surface area contributed by atoms with Crippen molar-refractivity contribution in [3.8, 4) is 0 Å². The smallest absolute Gasteiger partial charge is 0.258 e. The number of benzene rings is 2. The Bertz CT molecular complexity index is 1100. The monoisotopic (exact) mass is 465 g/mol. The van der Waals surface area contributed by atoms with Crippen LogP contribution < -0.4 is 15.3 Å². The molecule has 0 aromatic heterocycles. The molecule has 0 unspecified atom stereocenters. The number of halogens is 1. The topological polar surface area (TPSA) is 69.7 Å². The Kier molecular flexibility index (Phi) is 4.70. The first-order valence-corrected chi connectivity index (χ1v) is 10.8. The molecule has 3 amide bonds. The van der Waals surface area contributed by atoms with Crippen molar-refractivity contribution in [2.75, 3.05) is 16.5 Å². The lowest BCUT2D eigenvalue weighted by molar-refractivity contribution is -0.139. The number of hydrogen-bond acceptors (Lipinski definition) is 3. The first-order chi connectivity index (χ1) is 14.5. The Morgan fingerprint density at radius 2 is 1.83 bits per heavy atom. The number of hydrazine groups is 1. The van der Waals surface area contributed by atoms with Crippen LogP contribution in [0.3, 0.4) is 0 Å². The van der Waals surface area contributed by atoms with Crippen LogP contribution in [0.25, 0.3) is 0 Å². The molecule has 0 saturated carbocycles. The second-order valence-electron chi connectivity index (χ2n) is 7.84. The number of rotatable bonds is 2. The molecule has 1 saturated heterocycles. The molecule has 2 heterocycles. The van der Waals surface area contributed by atoms with Crippen LogP contribution in [-0.4, -0.2) is 24.3 Å². The van der Waals surface area contributed by atoms with Crippen LogP contribution in [0.5, 0.6) is 0 Å². The van der Waals surface area contributed by atoms with Gasteiger partial charge in [0.15, 0.2) is 0 Å². The maximum atomic E-state index is 13.2. The second-order valence-corrected chi connectivity index (χ2v) is 8.75. The van der Waals surface area contributed by atoms with Gasteiger partial charge in [-0.15, -0.1) is 0 Å². The fourth-order valence-electron chi connectivity index (χ4n) is 4.50. The van der Waals surface area contributed by atoms with Gasteiger partial charge in [-0.1, -0.05) is 34.1 Å². The van der Waals surface area contributed by atoms with Crippen molar-refractivity contribution in [1.29, 1.82) is 0 Å². The molecule has 0 radical (unpaired) electrons. The molecule has 5 rings (SSSR count). The van der Waals surface area contributed by atoms with Crippen molar-refractivity contribution >= 4 is 45.0 Å². The quantitative estimate of drug-likeness (QED) is 0.688. The average Bonchev–Trinajstić information content (AvgIpc) is 3.19. The molecule has 7 heteroatoms. The molecule has 6 nitrogen and oxygen atoms in total. The maximum Gasteiger partial charge on any atom is 0.258 e. The average molecular weight is 466 g/mol. The molecule has 2 aromatic rings. The Hall–Kier alpha value is -2.93. The normalized spacial score (nSPS) is 22.6. The fraction of sp³-hybridized carbons (Fsp3) is 0.261. The van der Waals surface area contributed by atoms with Gasteiger partial charge in [-0.2, -0.15) is 0 Å². The fourth-order valence-corrected chi connectivity index (χ4v) is 4.91. The van der Waals surface area contributed by atoms with Crippen molar-refractivity contribution in [3.05, 3.63) is 70.2 Å². The molecule has 1 N–H and O–H groups in total. The van der Waals surface area contributed by atoms with Gasteiger partial charge in [0.1, 0.15) is 0 Å². The highest BCUT2D eigenvalue weighted by Crippen LogP contribution is 2.34. The number of allylic oxidation sites excluding steroid dienone is 2. The number of amides is 3. The molecule has 1 aliphatic carbocycles. The summed E-state index contributed by atoms with van der Waals surface area (Å²) in [6, 6.07) is 12.8. The van der Waals surface area contributed by atoms with Gasteiger partial charge in [-0.3, -0.25) is 19.8 Å². The van der Waals surface area contributed by atoms with Crippen LogP contribution in [0.15, 0.2) is 59.1 Å². The van der Waals surface area contributed by atoms with E-state index in [1.54, 1.807) is 29.2 Å². The van der Waals surface area contributed by atoms with E-state index in [2.05, 4.69) is 21.4 Å². The molecular weight excluding hydrogens is 446 g/mol. The molecule has 152 valence electrons. The number of fused-ring (bicyclic) bond motifs is 2. The number of nitrogens with zero attached hydrogens (tertiary/aromatic N) is 2. The SMILES string of the molecule is O=C1NN(c2cccc(C(=O)N3CCc4cc(Br)ccc43)c2)C(=O)[C@@H]2CC=CC[C@@H]12. The Morgan fingerprint density at radius 1 is 1.03 bits per heavy atom. The van der Waals surface area contributed by atoms with Gasteiger partial charge < -0.3 is 4.90 Å². The van der Waals surface area contributed by atoms with Crippen LogP contribution in [0.1, 0.15) is 28.8 Å². The predicted molar refractivity (Wildman–Crippen MR) is 117 cm³/mol. The van der Waals surface area contributed by atoms with Gasteiger partial charge >= 0.3 is 0 Å². The third kappa shape index (κ3) is 3.13. The lowest BCUT2D eigenvalue weighted by atomic mass is 9.80. The van der Waals surface area contributed by atoms with E-state index in [1.165, 1.54) is 5.01 Å². The standard InChI is InChI=1S/C23H20BrN3O3/c24-16-8-9-20-14(12-16)10-11-26(20)22(29)15-4-3-5-17(13-15)27-23(30)19-7-2-1-6-18(19)21(28)25-27/h1-5,8-9,12-13,18-19H,6-7,10-11H2,(H,25,28)/t18-,19-/m1/s1. The third-order valence-corrected chi connectivity index (χ3v) is 6.56. The summed E-state index contributed by atoms with van der Waals surface area (Å²) >= 11 is 3.48. The highest BCUT2D eigenvalue weighted by atomic mass is 79.9. The van der Waals surface area contributed by atoms with Crippen molar-refractivity contribution in [3.63, 3.8) is 0 Å². The Labute approximate surface area is 182 Å². The van der Waals surface area contributed by atoms with E-state index in [0.29, 0.717) is 30.6 Å². The van der Waals surface area contributed by atoms with E-state index in [0.717, 1.165) is 22.1 Å². The predicted octanol–water partition coefficient (Wildman–Crippen LogP) is 3.61. The van der Waals surface area contributed by atoms with Crippen molar-refractivity contribution in [2.24, 2.45) is 11.8 Å². The van der Waals surface area contributed by atoms with Crippen LogP contribution in [0, 0.1) is 11.8 Å². The third-order valence-electron chi connectivity index (χ3n) is 6.06. The van der Waals surface area contributed by atoms with Crippen LogP contribution in [0.2, 0.25) is 0 Å². The second kappa shape index (κ2) is 7.40. The van der Waals surface area contributed by atoms with Gasteiger partial charge in [-0.05, 0) is 61.2 Å². The van der Waals surface area contributed by atoms with Crippen molar-refractivity contribution in [1.82, 2.24) is 5.43 Å². The molecule has 2 aliphatic heterocycles. The van der Waals surface area contributed by atoms with Crippen LogP contribution in [-0.2, 0) is 16.0 Å². The largest absolute Gasteiger partial charge is 0.308 e. The van der Waals surface area contributed by atoms with E-state index < -0.39 is 0 Å². The highest BCUT2D eigenvalue weighted by molar-refractivity contribution is 9.10. The minimum atomic E-state index is -0.355. The summed E-state index contributed by atoms with van der Waals surface area (Å²) in [7, 11) is 0. The number of nitrogens with one attached hydrogen (secondary N) is 1. The van der Waals surface area contributed by atoms with Gasteiger partial charge in [-0.25, -0.2) is 5.01 Å². The summed E-state index contributed by atoms with van der Waals surface area (Å²) in [4.78, 5) is 40.5. The van der Waals surface area contributed by atoms with E-state index in [9.17, 15) is 14.4 Å². The number of hydrogen-bond donors (Lipinski definition) is 1. The summed E-state index contributed by atoms with van der Waals surface area (Å²) in [5.74, 6) is -1.08. The van der Waals surface area contributed by atoms with Crippen LogP contribution in [0.4, 0.5) is 11.4 Å². The van der Waals surface area contributed by atoms with Gasteiger partial charge in [0, 0.05) is 22.3 Å². The zero-order valence-electron chi connectivity index (χ0n) is 16.2. The maximum absolute atomic E-state index is 13.2. The Balaban J connectivity index is 1.43. The number of anilines is 2. The van der Waals surface area contributed by atoms with Crippen molar-refractivity contribution in [2.45, 2.75) is 19.3 Å². The lowest BCUT2D eigenvalue weighted by Crippen LogP contribution is -2.59. The summed E-state index contributed by atoms with van der Waals surface area (Å²) in [5, 5.41) is 1.30. The zero-order chi connectivity index (χ0) is 20.8. The van der Waals surface area contributed by atoms with Gasteiger partial charge in [0.05, 0.1) is 17.5 Å². The number of carbonyl (C=O) groups is 3. The molecule has 2 atom stereocenters. The molecule has 1 fully saturated rings. The first-order valence-electron chi connectivity index (χ1n) is 10.0. The molecular formula is C23H20BrN3O3. The van der Waals surface area contributed by atoms with E-state index in [-0.39, 0.29) is 29.6 Å². The molecule has 0 spiro atoms. The Morgan fingerprint density at radius 3 is 2.67 bits per heavy atom. The molecule has 30 heavy (non-hydrogen) atoms. The highest BCUT2D eigenvalue weighted by Gasteiger charge is 2.42. The van der Waals surface area contributed by atoms with E-state index >= 15 is 0 Å². The first kappa shape index (κ1) is 19.1. The van der Waals surface area contributed by atoms with Crippen molar-refractivity contribution < 1.29 is 14.4 Å². The summed E-state index contributed by atoms with van der Waals surface area (Å²) in [5.41, 5.74) is 5.74.